The Labute approximate surface area is 195 Å². The summed E-state index contributed by atoms with van der Waals surface area (Å²) in [6.45, 7) is 3.75. The quantitative estimate of drug-likeness (QED) is 0.200. The summed E-state index contributed by atoms with van der Waals surface area (Å²) in [5.74, 6) is 2.37. The van der Waals surface area contributed by atoms with E-state index in [1.165, 1.54) is 4.31 Å². The lowest BCUT2D eigenvalue weighted by Gasteiger charge is -2.29. The smallest absolute Gasteiger partial charge is 0.272 e. The molecule has 0 unspecified atom stereocenters. The highest BCUT2D eigenvalue weighted by atomic mass is 32.2. The van der Waals surface area contributed by atoms with Crippen LogP contribution in [-0.4, -0.2) is 90.1 Å². The molecule has 2 rings (SSSR count). The molecule has 33 heavy (non-hydrogen) atoms. The van der Waals surface area contributed by atoms with Crippen molar-refractivity contribution in [1.29, 1.82) is 0 Å². The van der Waals surface area contributed by atoms with Gasteiger partial charge in [-0.1, -0.05) is 12.8 Å². The van der Waals surface area contributed by atoms with Gasteiger partial charge in [0.2, 0.25) is 10.0 Å². The third kappa shape index (κ3) is 7.12. The number of hydrogen-bond donors (Lipinski definition) is 0. The summed E-state index contributed by atoms with van der Waals surface area (Å²) in [6.07, 6.45) is 7.77. The fourth-order valence-electron chi connectivity index (χ4n) is 3.64. The minimum absolute atomic E-state index is 0.0264. The molecule has 1 saturated heterocycles. The number of non-ortho nitro benzene ring substituents is 1. The van der Waals surface area contributed by atoms with Gasteiger partial charge in [-0.05, 0) is 26.4 Å². The average molecular weight is 503 g/mol. The van der Waals surface area contributed by atoms with E-state index >= 15 is 0 Å². The highest BCUT2D eigenvalue weighted by Crippen LogP contribution is 2.35. The Morgan fingerprint density at radius 3 is 2.45 bits per heavy atom. The molecule has 1 aliphatic heterocycles. The largest absolute Gasteiger partial charge is 0.367 e. The first-order valence-corrected chi connectivity index (χ1v) is 13.7. The molecule has 0 radical (unpaired) electrons. The van der Waals surface area contributed by atoms with Crippen LogP contribution in [-0.2, 0) is 24.3 Å². The van der Waals surface area contributed by atoms with Crippen molar-refractivity contribution in [2.75, 3.05) is 64.1 Å². The van der Waals surface area contributed by atoms with Gasteiger partial charge in [-0.3, -0.25) is 14.3 Å². The maximum absolute atomic E-state index is 13.7. The number of likely N-dealkylation sites (N-methyl/N-ethyl adjacent to an activating group) is 1. The van der Waals surface area contributed by atoms with Crippen molar-refractivity contribution in [2.24, 2.45) is 0 Å². The van der Waals surface area contributed by atoms with Crippen LogP contribution in [0.2, 0.25) is 0 Å². The monoisotopic (exact) mass is 502 g/mol. The van der Waals surface area contributed by atoms with Gasteiger partial charge in [0, 0.05) is 44.9 Å². The zero-order valence-corrected chi connectivity index (χ0v) is 20.7. The van der Waals surface area contributed by atoms with E-state index in [0.717, 1.165) is 24.9 Å². The van der Waals surface area contributed by atoms with Gasteiger partial charge in [0.1, 0.15) is 4.90 Å². The van der Waals surface area contributed by atoms with E-state index in [4.69, 9.17) is 10.6 Å². The van der Waals surface area contributed by atoms with Gasteiger partial charge in [0.15, 0.2) is 0 Å². The second-order valence-corrected chi connectivity index (χ2v) is 11.4. The number of nitro groups is 1. The third-order valence-electron chi connectivity index (χ3n) is 5.19. The molecule has 0 spiro atoms. The van der Waals surface area contributed by atoms with Crippen molar-refractivity contribution in [1.82, 2.24) is 9.21 Å². The van der Waals surface area contributed by atoms with E-state index < -0.39 is 30.8 Å². The van der Waals surface area contributed by atoms with Crippen LogP contribution in [0.25, 0.3) is 0 Å². The molecule has 1 aliphatic rings. The number of nitro benzene ring substituents is 1. The zero-order valence-electron chi connectivity index (χ0n) is 19.1. The molecule has 11 nitrogen and oxygen atoms in total. The van der Waals surface area contributed by atoms with Crippen LogP contribution in [0.5, 0.6) is 0 Å². The zero-order chi connectivity index (χ0) is 24.8. The van der Waals surface area contributed by atoms with Crippen molar-refractivity contribution >= 4 is 31.5 Å². The lowest BCUT2D eigenvalue weighted by molar-refractivity contribution is -0.385. The first-order chi connectivity index (χ1) is 15.4. The van der Waals surface area contributed by atoms with Crippen LogP contribution in [0.15, 0.2) is 17.0 Å². The highest BCUT2D eigenvalue weighted by molar-refractivity contribution is 7.89. The van der Waals surface area contributed by atoms with Crippen LogP contribution in [0.1, 0.15) is 25.3 Å². The molecular weight excluding hydrogens is 472 g/mol. The standard InChI is InChI=1S/C20H30N4O7S2/c1-5-8-22(13-14-31-32(4,27)28)20-17(6-2)15-18(24(25)26)16-19(20)33(29,30)23-10-7-9-21(3)11-12-23/h2,15-16H,5,7-14H2,1,3-4H3. The van der Waals surface area contributed by atoms with Gasteiger partial charge in [-0.25, -0.2) is 8.42 Å². The molecule has 0 aromatic heterocycles. The van der Waals surface area contributed by atoms with E-state index in [-0.39, 0.29) is 42.4 Å². The second kappa shape index (κ2) is 11.3. The summed E-state index contributed by atoms with van der Waals surface area (Å²) in [5.41, 5.74) is -0.247. The van der Waals surface area contributed by atoms with Crippen LogP contribution < -0.4 is 4.90 Å². The van der Waals surface area contributed by atoms with Gasteiger partial charge in [0.05, 0.1) is 29.0 Å². The maximum Gasteiger partial charge on any atom is 0.272 e. The van der Waals surface area contributed by atoms with Crippen molar-refractivity contribution in [2.45, 2.75) is 24.7 Å². The summed E-state index contributed by atoms with van der Waals surface area (Å²) >= 11 is 0. The fourth-order valence-corrected chi connectivity index (χ4v) is 5.74. The average Bonchev–Trinajstić information content (AvgIpc) is 2.96. The molecule has 184 valence electrons. The Morgan fingerprint density at radius 1 is 1.18 bits per heavy atom. The summed E-state index contributed by atoms with van der Waals surface area (Å²) in [4.78, 5) is 14.2. The molecule has 1 heterocycles. The molecule has 1 fully saturated rings. The number of sulfonamides is 1. The molecule has 0 atom stereocenters. The predicted molar refractivity (Wildman–Crippen MR) is 125 cm³/mol. The predicted octanol–water partition coefficient (Wildman–Crippen LogP) is 1.09. The minimum Gasteiger partial charge on any atom is -0.367 e. The van der Waals surface area contributed by atoms with Gasteiger partial charge in [-0.15, -0.1) is 6.42 Å². The fraction of sp³-hybridized carbons (Fsp3) is 0.600. The second-order valence-electron chi connectivity index (χ2n) is 7.82. The van der Waals surface area contributed by atoms with E-state index in [2.05, 4.69) is 5.92 Å². The number of rotatable bonds is 10. The maximum atomic E-state index is 13.7. The molecule has 0 bridgehead atoms. The van der Waals surface area contributed by atoms with Gasteiger partial charge < -0.3 is 9.80 Å². The van der Waals surface area contributed by atoms with E-state index in [1.807, 2.05) is 18.9 Å². The van der Waals surface area contributed by atoms with E-state index in [9.17, 15) is 26.9 Å². The Bertz CT molecular complexity index is 1110. The highest BCUT2D eigenvalue weighted by Gasteiger charge is 2.33. The lowest BCUT2D eigenvalue weighted by Crippen LogP contribution is -2.37. The van der Waals surface area contributed by atoms with Crippen molar-refractivity contribution in [3.63, 3.8) is 0 Å². The normalized spacial score (nSPS) is 16.2. The Hall–Kier alpha value is -2.24. The van der Waals surface area contributed by atoms with Crippen LogP contribution in [0.3, 0.4) is 0 Å². The van der Waals surface area contributed by atoms with Crippen molar-refractivity contribution in [3.8, 4) is 12.3 Å². The summed E-state index contributed by atoms with van der Waals surface area (Å²) < 4.78 is 56.4. The first-order valence-electron chi connectivity index (χ1n) is 10.5. The molecule has 13 heteroatoms. The van der Waals surface area contributed by atoms with Gasteiger partial charge in [0.25, 0.3) is 15.8 Å². The van der Waals surface area contributed by atoms with Crippen LogP contribution in [0, 0.1) is 22.5 Å². The Kier molecular flexibility index (Phi) is 9.21. The number of anilines is 1. The minimum atomic E-state index is -4.14. The summed E-state index contributed by atoms with van der Waals surface area (Å²) in [7, 11) is -5.94. The number of hydrogen-bond acceptors (Lipinski definition) is 9. The van der Waals surface area contributed by atoms with E-state index in [1.54, 1.807) is 4.90 Å². The van der Waals surface area contributed by atoms with Crippen LogP contribution >= 0.6 is 0 Å². The van der Waals surface area contributed by atoms with Gasteiger partial charge in [-0.2, -0.15) is 12.7 Å². The summed E-state index contributed by atoms with van der Waals surface area (Å²) in [5, 5.41) is 11.5. The van der Waals surface area contributed by atoms with Crippen molar-refractivity contribution in [3.05, 3.63) is 27.8 Å². The SMILES string of the molecule is C#Cc1cc([N+](=O)[O-])cc(S(=O)(=O)N2CCCN(C)CC2)c1N(CCC)CCOS(C)(=O)=O. The molecule has 1 aromatic carbocycles. The molecule has 1 aromatic rings. The Morgan fingerprint density at radius 2 is 1.88 bits per heavy atom. The molecule has 0 amide bonds. The summed E-state index contributed by atoms with van der Waals surface area (Å²) in [6, 6.07) is 2.19. The Balaban J connectivity index is 2.64. The molecule has 0 aliphatic carbocycles. The van der Waals surface area contributed by atoms with Crippen molar-refractivity contribution < 1.29 is 25.9 Å². The lowest BCUT2D eigenvalue weighted by atomic mass is 10.1. The number of benzene rings is 1. The molecule has 0 saturated carbocycles. The molecular formula is C20H30N4O7S2. The third-order valence-corrected chi connectivity index (χ3v) is 7.70. The number of nitrogens with zero attached hydrogens (tertiary/aromatic N) is 4. The van der Waals surface area contributed by atoms with Gasteiger partial charge >= 0.3 is 0 Å². The first kappa shape index (κ1) is 27.0. The van der Waals surface area contributed by atoms with E-state index in [0.29, 0.717) is 25.9 Å². The number of terminal acetylenes is 1. The topological polar surface area (TPSA) is 130 Å². The van der Waals surface area contributed by atoms with Crippen LogP contribution in [0.4, 0.5) is 11.4 Å². The molecule has 0 N–H and O–H groups in total.